The number of unbranched alkanes of at least 4 members (excludes halogenated alkanes) is 29. The van der Waals surface area contributed by atoms with Gasteiger partial charge in [0, 0.05) is 19.3 Å². The Morgan fingerprint density at radius 2 is 0.629 bits per heavy atom. The second-order valence-electron chi connectivity index (χ2n) is 17.8. The Morgan fingerprint density at radius 1 is 0.339 bits per heavy atom. The van der Waals surface area contributed by atoms with E-state index in [2.05, 4.69) is 69.4 Å². The van der Waals surface area contributed by atoms with Crippen molar-refractivity contribution in [2.75, 3.05) is 13.2 Å². The second-order valence-corrected chi connectivity index (χ2v) is 17.8. The molecule has 0 saturated heterocycles. The standard InChI is InChI=1S/C56H100O6/c1-4-7-10-13-16-18-20-22-24-26-27-28-30-31-33-35-37-40-43-46-49-55(58)61-52-53(51-60-54(57)48-45-42-39-15-12-9-6-3)62-56(59)50-47-44-41-38-36-34-32-29-25-23-21-19-17-14-11-8-5-2/h8,11,17,19,23,25,32,34,53H,4-7,9-10,12-16,18,20-22,24,26-31,33,35-52H2,1-3H3/b11-8-,19-17-,25-23-,34-32-. The lowest BCUT2D eigenvalue weighted by Crippen LogP contribution is -2.30. The van der Waals surface area contributed by atoms with Crippen LogP contribution in [0.1, 0.15) is 271 Å². The maximum absolute atomic E-state index is 12.8. The summed E-state index contributed by atoms with van der Waals surface area (Å²) in [5.41, 5.74) is 0. The summed E-state index contributed by atoms with van der Waals surface area (Å²) in [5.74, 6) is -0.901. The van der Waals surface area contributed by atoms with E-state index in [4.69, 9.17) is 14.2 Å². The molecular formula is C56H100O6. The van der Waals surface area contributed by atoms with Gasteiger partial charge in [0.2, 0.25) is 0 Å². The van der Waals surface area contributed by atoms with Crippen molar-refractivity contribution >= 4 is 17.9 Å². The van der Waals surface area contributed by atoms with Crippen molar-refractivity contribution in [3.8, 4) is 0 Å². The number of ether oxygens (including phenoxy) is 3. The van der Waals surface area contributed by atoms with Crippen molar-refractivity contribution in [2.45, 2.75) is 277 Å². The van der Waals surface area contributed by atoms with Crippen LogP contribution in [0.4, 0.5) is 0 Å². The fraction of sp³-hybridized carbons (Fsp3) is 0.804. The molecule has 6 heteroatoms. The molecule has 360 valence electrons. The van der Waals surface area contributed by atoms with E-state index in [9.17, 15) is 14.4 Å². The average Bonchev–Trinajstić information content (AvgIpc) is 3.27. The first-order valence-electron chi connectivity index (χ1n) is 26.6. The van der Waals surface area contributed by atoms with Crippen molar-refractivity contribution in [3.63, 3.8) is 0 Å². The first-order valence-corrected chi connectivity index (χ1v) is 26.6. The number of rotatable bonds is 48. The highest BCUT2D eigenvalue weighted by Crippen LogP contribution is 2.16. The molecule has 0 heterocycles. The van der Waals surface area contributed by atoms with Gasteiger partial charge in [0.15, 0.2) is 6.10 Å². The van der Waals surface area contributed by atoms with Crippen LogP contribution in [0.3, 0.4) is 0 Å². The summed E-state index contributed by atoms with van der Waals surface area (Å²) in [4.78, 5) is 37.8. The van der Waals surface area contributed by atoms with Crippen LogP contribution in [0.25, 0.3) is 0 Å². The van der Waals surface area contributed by atoms with E-state index in [0.29, 0.717) is 19.3 Å². The van der Waals surface area contributed by atoms with Gasteiger partial charge in [-0.25, -0.2) is 0 Å². The van der Waals surface area contributed by atoms with Gasteiger partial charge in [-0.1, -0.05) is 243 Å². The Balaban J connectivity index is 4.23. The summed E-state index contributed by atoms with van der Waals surface area (Å²) in [6.07, 6.45) is 61.2. The Bertz CT molecular complexity index is 1090. The highest BCUT2D eigenvalue weighted by Gasteiger charge is 2.19. The fourth-order valence-corrected chi connectivity index (χ4v) is 7.61. The van der Waals surface area contributed by atoms with Crippen molar-refractivity contribution in [2.24, 2.45) is 0 Å². The molecule has 0 N–H and O–H groups in total. The molecule has 6 nitrogen and oxygen atoms in total. The largest absolute Gasteiger partial charge is 0.462 e. The van der Waals surface area contributed by atoms with Crippen molar-refractivity contribution in [1.82, 2.24) is 0 Å². The quantitative estimate of drug-likeness (QED) is 0.0262. The third-order valence-corrected chi connectivity index (χ3v) is 11.6. The molecule has 0 aliphatic rings. The molecule has 1 atom stereocenters. The first-order chi connectivity index (χ1) is 30.5. The Morgan fingerprint density at radius 3 is 0.984 bits per heavy atom. The minimum Gasteiger partial charge on any atom is -0.462 e. The third kappa shape index (κ3) is 48.4. The van der Waals surface area contributed by atoms with Crippen LogP contribution in [-0.2, 0) is 28.6 Å². The highest BCUT2D eigenvalue weighted by atomic mass is 16.6. The summed E-state index contributed by atoms with van der Waals surface area (Å²) in [5, 5.41) is 0. The van der Waals surface area contributed by atoms with Gasteiger partial charge in [-0.05, 0) is 57.8 Å². The van der Waals surface area contributed by atoms with Crippen LogP contribution in [0, 0.1) is 0 Å². The normalized spacial score (nSPS) is 12.4. The SMILES string of the molecule is CC/C=C\C/C=C\C/C=C\C/C=C\CCCCCCC(=O)OC(COC(=O)CCCCCCCCC)COC(=O)CCCCCCCCCCCCCCCCCCCCCC. The zero-order valence-corrected chi connectivity index (χ0v) is 41.1. The van der Waals surface area contributed by atoms with E-state index >= 15 is 0 Å². The van der Waals surface area contributed by atoms with Gasteiger partial charge in [0.05, 0.1) is 0 Å². The van der Waals surface area contributed by atoms with E-state index < -0.39 is 6.10 Å². The molecule has 0 amide bonds. The summed E-state index contributed by atoms with van der Waals surface area (Å²) in [6, 6.07) is 0. The molecule has 0 aromatic heterocycles. The van der Waals surface area contributed by atoms with Gasteiger partial charge in [0.25, 0.3) is 0 Å². The maximum Gasteiger partial charge on any atom is 0.306 e. The number of carbonyl (C=O) groups excluding carboxylic acids is 3. The Labute approximate surface area is 384 Å². The van der Waals surface area contributed by atoms with Crippen LogP contribution in [0.5, 0.6) is 0 Å². The average molecular weight is 869 g/mol. The molecule has 62 heavy (non-hydrogen) atoms. The molecule has 0 rings (SSSR count). The second kappa shape index (κ2) is 51.0. The van der Waals surface area contributed by atoms with Gasteiger partial charge >= 0.3 is 17.9 Å². The summed E-state index contributed by atoms with van der Waals surface area (Å²) < 4.78 is 16.7. The lowest BCUT2D eigenvalue weighted by atomic mass is 10.0. The van der Waals surface area contributed by atoms with E-state index in [-0.39, 0.29) is 31.1 Å². The number of esters is 3. The van der Waals surface area contributed by atoms with Crippen molar-refractivity contribution < 1.29 is 28.6 Å². The first kappa shape index (κ1) is 59.4. The summed E-state index contributed by atoms with van der Waals surface area (Å²) >= 11 is 0. The molecule has 0 radical (unpaired) electrons. The number of hydrogen-bond acceptors (Lipinski definition) is 6. The Kier molecular flexibility index (Phi) is 48.8. The molecule has 0 bridgehead atoms. The van der Waals surface area contributed by atoms with E-state index in [1.807, 2.05) is 0 Å². The monoisotopic (exact) mass is 869 g/mol. The third-order valence-electron chi connectivity index (χ3n) is 11.6. The number of allylic oxidation sites excluding steroid dienone is 8. The van der Waals surface area contributed by atoms with Crippen LogP contribution in [0.2, 0.25) is 0 Å². The predicted octanol–water partition coefficient (Wildman–Crippen LogP) is 17.5. The van der Waals surface area contributed by atoms with Gasteiger partial charge in [0.1, 0.15) is 13.2 Å². The van der Waals surface area contributed by atoms with Gasteiger partial charge in [-0.3, -0.25) is 14.4 Å². The highest BCUT2D eigenvalue weighted by molar-refractivity contribution is 5.71. The maximum atomic E-state index is 12.8. The van der Waals surface area contributed by atoms with E-state index in [1.54, 1.807) is 0 Å². The number of carbonyl (C=O) groups is 3. The molecule has 0 aliphatic carbocycles. The molecule has 0 aromatic carbocycles. The van der Waals surface area contributed by atoms with Crippen LogP contribution < -0.4 is 0 Å². The lowest BCUT2D eigenvalue weighted by Gasteiger charge is -2.18. The molecule has 0 aromatic rings. The summed E-state index contributed by atoms with van der Waals surface area (Å²) in [6.45, 7) is 6.49. The van der Waals surface area contributed by atoms with Gasteiger partial charge in [-0.2, -0.15) is 0 Å². The van der Waals surface area contributed by atoms with Crippen LogP contribution in [-0.4, -0.2) is 37.2 Å². The minimum absolute atomic E-state index is 0.0800. The predicted molar refractivity (Wildman–Crippen MR) is 265 cm³/mol. The van der Waals surface area contributed by atoms with Crippen molar-refractivity contribution in [3.05, 3.63) is 48.6 Å². The van der Waals surface area contributed by atoms with Crippen LogP contribution in [0.15, 0.2) is 48.6 Å². The van der Waals surface area contributed by atoms with Gasteiger partial charge in [-0.15, -0.1) is 0 Å². The zero-order chi connectivity index (χ0) is 45.1. The number of hydrogen-bond donors (Lipinski definition) is 0. The minimum atomic E-state index is -0.780. The summed E-state index contributed by atoms with van der Waals surface area (Å²) in [7, 11) is 0. The zero-order valence-electron chi connectivity index (χ0n) is 41.1. The smallest absolute Gasteiger partial charge is 0.306 e. The van der Waals surface area contributed by atoms with E-state index in [1.165, 1.54) is 135 Å². The molecule has 0 saturated carbocycles. The molecular weight excluding hydrogens is 769 g/mol. The Hall–Kier alpha value is -2.63. The molecule has 0 spiro atoms. The topological polar surface area (TPSA) is 78.9 Å². The van der Waals surface area contributed by atoms with Crippen molar-refractivity contribution in [1.29, 1.82) is 0 Å². The lowest BCUT2D eigenvalue weighted by molar-refractivity contribution is -0.167. The fourth-order valence-electron chi connectivity index (χ4n) is 7.61. The van der Waals surface area contributed by atoms with Gasteiger partial charge < -0.3 is 14.2 Å². The van der Waals surface area contributed by atoms with E-state index in [0.717, 1.165) is 96.3 Å². The molecule has 0 aliphatic heterocycles. The molecule has 0 fully saturated rings. The molecule has 1 unspecified atom stereocenters. The van der Waals surface area contributed by atoms with Crippen LogP contribution >= 0.6 is 0 Å².